The lowest BCUT2D eigenvalue weighted by Crippen LogP contribution is -2.35. The van der Waals surface area contributed by atoms with E-state index in [1.54, 1.807) is 12.1 Å². The molecule has 2 aromatic rings. The van der Waals surface area contributed by atoms with E-state index in [2.05, 4.69) is 0 Å². The van der Waals surface area contributed by atoms with E-state index < -0.39 is 20.6 Å². The smallest absolute Gasteiger partial charge is 0.293 e. The van der Waals surface area contributed by atoms with Gasteiger partial charge in [0, 0.05) is 6.54 Å². The fourth-order valence-corrected chi connectivity index (χ4v) is 4.53. The number of nitro groups is 1. The quantitative estimate of drug-likeness (QED) is 0.626. The van der Waals surface area contributed by atoms with Gasteiger partial charge < -0.3 is 4.74 Å². The van der Waals surface area contributed by atoms with Crippen LogP contribution in [0.1, 0.15) is 12.0 Å². The van der Waals surface area contributed by atoms with Gasteiger partial charge in [-0.05, 0) is 36.6 Å². The molecule has 0 atom stereocenters. The molecular weight excluding hydrogens is 332 g/mol. The number of ether oxygens (including phenoxy) is 1. The Morgan fingerprint density at radius 2 is 1.96 bits per heavy atom. The molecule has 24 heavy (non-hydrogen) atoms. The maximum atomic E-state index is 13.1. The molecule has 0 spiro atoms. The van der Waals surface area contributed by atoms with E-state index >= 15 is 0 Å². The summed E-state index contributed by atoms with van der Waals surface area (Å²) in [6.07, 6.45) is 1.45. The van der Waals surface area contributed by atoms with Crippen LogP contribution < -0.4 is 9.04 Å². The summed E-state index contributed by atoms with van der Waals surface area (Å²) in [4.78, 5) is 10.3. The van der Waals surface area contributed by atoms with E-state index in [-0.39, 0.29) is 10.6 Å². The molecule has 0 fully saturated rings. The summed E-state index contributed by atoms with van der Waals surface area (Å²) in [7, 11) is -2.67. The Balaban J connectivity index is 2.15. The normalized spacial score (nSPS) is 14.1. The summed E-state index contributed by atoms with van der Waals surface area (Å²) in [5, 5.41) is 11.3. The molecular formula is C16H16N2O5S. The van der Waals surface area contributed by atoms with E-state index in [0.29, 0.717) is 18.7 Å². The van der Waals surface area contributed by atoms with Gasteiger partial charge in [-0.25, -0.2) is 8.42 Å². The average molecular weight is 348 g/mol. The van der Waals surface area contributed by atoms with Crippen molar-refractivity contribution in [3.63, 3.8) is 0 Å². The molecule has 0 aromatic heterocycles. The van der Waals surface area contributed by atoms with Gasteiger partial charge in [0.2, 0.25) is 0 Å². The summed E-state index contributed by atoms with van der Waals surface area (Å²) in [5.41, 5.74) is 1.01. The van der Waals surface area contributed by atoms with Gasteiger partial charge in [0.1, 0.15) is 5.75 Å². The Hall–Kier alpha value is -2.61. The number of rotatable bonds is 4. The number of nitrogens with zero attached hydrogens (tertiary/aromatic N) is 2. The van der Waals surface area contributed by atoms with Crippen molar-refractivity contribution >= 4 is 21.4 Å². The van der Waals surface area contributed by atoms with Crippen LogP contribution in [0, 0.1) is 10.1 Å². The van der Waals surface area contributed by atoms with Crippen LogP contribution in [0.5, 0.6) is 5.75 Å². The molecule has 0 unspecified atom stereocenters. The van der Waals surface area contributed by atoms with Gasteiger partial charge in [0.25, 0.3) is 15.7 Å². The molecule has 1 aliphatic heterocycles. The Labute approximate surface area is 139 Å². The lowest BCUT2D eigenvalue weighted by atomic mass is 10.0. The second kappa shape index (κ2) is 6.12. The molecule has 0 N–H and O–H groups in total. The molecule has 0 saturated heterocycles. The fraction of sp³-hybridized carbons (Fsp3) is 0.250. The molecule has 7 nitrogen and oxygen atoms in total. The first-order chi connectivity index (χ1) is 11.4. The van der Waals surface area contributed by atoms with Gasteiger partial charge in [-0.1, -0.05) is 18.2 Å². The summed E-state index contributed by atoms with van der Waals surface area (Å²) in [5.74, 6) is 0.236. The molecule has 126 valence electrons. The minimum Gasteiger partial charge on any atom is -0.497 e. The Bertz CT molecular complexity index is 895. The number of aryl methyl sites for hydroxylation is 1. The predicted molar refractivity (Wildman–Crippen MR) is 88.9 cm³/mol. The minimum atomic E-state index is -4.04. The van der Waals surface area contributed by atoms with Crippen molar-refractivity contribution < 1.29 is 18.1 Å². The monoisotopic (exact) mass is 348 g/mol. The van der Waals surface area contributed by atoms with Gasteiger partial charge in [-0.3, -0.25) is 14.4 Å². The van der Waals surface area contributed by atoms with Crippen LogP contribution in [0.3, 0.4) is 0 Å². The van der Waals surface area contributed by atoms with E-state index in [0.717, 1.165) is 18.1 Å². The van der Waals surface area contributed by atoms with Crippen molar-refractivity contribution in [2.45, 2.75) is 17.7 Å². The first kappa shape index (κ1) is 16.3. The molecule has 0 saturated carbocycles. The number of hydrogen-bond donors (Lipinski definition) is 0. The summed E-state index contributed by atoms with van der Waals surface area (Å²) < 4.78 is 32.3. The maximum Gasteiger partial charge on any atom is 0.293 e. The highest BCUT2D eigenvalue weighted by molar-refractivity contribution is 7.93. The zero-order valence-electron chi connectivity index (χ0n) is 13.0. The molecule has 1 aliphatic rings. The van der Waals surface area contributed by atoms with Gasteiger partial charge in [-0.2, -0.15) is 0 Å². The molecule has 0 bridgehead atoms. The molecule has 1 heterocycles. The summed E-state index contributed by atoms with van der Waals surface area (Å²) >= 11 is 0. The van der Waals surface area contributed by atoms with Gasteiger partial charge in [-0.15, -0.1) is 0 Å². The highest BCUT2D eigenvalue weighted by Crippen LogP contribution is 2.36. The lowest BCUT2D eigenvalue weighted by Gasteiger charge is -2.30. The molecule has 0 radical (unpaired) electrons. The highest BCUT2D eigenvalue weighted by Gasteiger charge is 2.34. The van der Waals surface area contributed by atoms with Crippen LogP contribution in [0.25, 0.3) is 0 Å². The third-order valence-corrected chi connectivity index (χ3v) is 5.86. The van der Waals surface area contributed by atoms with Crippen molar-refractivity contribution in [3.8, 4) is 5.75 Å². The maximum absolute atomic E-state index is 13.1. The highest BCUT2D eigenvalue weighted by atomic mass is 32.2. The van der Waals surface area contributed by atoms with E-state index in [1.807, 2.05) is 12.1 Å². The standard InChI is InChI=1S/C16H16N2O5S/c1-23-13-8-9-16(15(11-13)18(19)20)24(21,22)17-10-4-6-12-5-2-3-7-14(12)17/h2-3,5,7-9,11H,4,6,10H2,1H3. The van der Waals surface area contributed by atoms with E-state index in [1.165, 1.54) is 23.5 Å². The third-order valence-electron chi connectivity index (χ3n) is 4.00. The van der Waals surface area contributed by atoms with Crippen LogP contribution in [-0.4, -0.2) is 27.0 Å². The van der Waals surface area contributed by atoms with E-state index in [4.69, 9.17) is 4.74 Å². The zero-order valence-corrected chi connectivity index (χ0v) is 13.8. The lowest BCUT2D eigenvalue weighted by molar-refractivity contribution is -0.387. The summed E-state index contributed by atoms with van der Waals surface area (Å²) in [6, 6.07) is 11.0. The molecule has 2 aromatic carbocycles. The number of anilines is 1. The average Bonchev–Trinajstić information content (AvgIpc) is 2.60. The fourth-order valence-electron chi connectivity index (χ4n) is 2.85. The van der Waals surface area contributed by atoms with Crippen LogP contribution >= 0.6 is 0 Å². The second-order valence-corrected chi connectivity index (χ2v) is 7.23. The topological polar surface area (TPSA) is 89.8 Å². The van der Waals surface area contributed by atoms with Gasteiger partial charge >= 0.3 is 0 Å². The second-order valence-electron chi connectivity index (χ2n) is 5.40. The first-order valence-electron chi connectivity index (χ1n) is 7.38. The van der Waals surface area contributed by atoms with Crippen molar-refractivity contribution in [1.82, 2.24) is 0 Å². The number of para-hydroxylation sites is 1. The van der Waals surface area contributed by atoms with Crippen LogP contribution in [0.2, 0.25) is 0 Å². The van der Waals surface area contributed by atoms with Gasteiger partial charge in [0.15, 0.2) is 4.90 Å². The minimum absolute atomic E-state index is 0.236. The largest absolute Gasteiger partial charge is 0.497 e. The molecule has 0 aliphatic carbocycles. The number of nitro benzene ring substituents is 1. The predicted octanol–water partition coefficient (Wildman–Crippen LogP) is 2.74. The number of fused-ring (bicyclic) bond motifs is 1. The number of benzene rings is 2. The van der Waals surface area contributed by atoms with Crippen LogP contribution in [0.4, 0.5) is 11.4 Å². The number of hydrogen-bond acceptors (Lipinski definition) is 5. The van der Waals surface area contributed by atoms with Crippen LogP contribution in [0.15, 0.2) is 47.4 Å². The van der Waals surface area contributed by atoms with Crippen LogP contribution in [-0.2, 0) is 16.4 Å². The molecule has 3 rings (SSSR count). The SMILES string of the molecule is COc1ccc(S(=O)(=O)N2CCCc3ccccc32)c([N+](=O)[O-])c1. The first-order valence-corrected chi connectivity index (χ1v) is 8.82. The Morgan fingerprint density at radius 1 is 1.21 bits per heavy atom. The Morgan fingerprint density at radius 3 is 2.67 bits per heavy atom. The Kier molecular flexibility index (Phi) is 4.15. The van der Waals surface area contributed by atoms with Crippen molar-refractivity contribution in [2.24, 2.45) is 0 Å². The summed E-state index contributed by atoms with van der Waals surface area (Å²) in [6.45, 7) is 0.294. The van der Waals surface area contributed by atoms with Gasteiger partial charge in [0.05, 0.1) is 23.8 Å². The van der Waals surface area contributed by atoms with E-state index in [9.17, 15) is 18.5 Å². The van der Waals surface area contributed by atoms with Crippen molar-refractivity contribution in [2.75, 3.05) is 18.0 Å². The molecule has 0 amide bonds. The van der Waals surface area contributed by atoms with Crippen molar-refractivity contribution in [1.29, 1.82) is 0 Å². The third kappa shape index (κ3) is 2.69. The van der Waals surface area contributed by atoms with Crippen molar-refractivity contribution in [3.05, 3.63) is 58.1 Å². The number of sulfonamides is 1. The molecule has 8 heteroatoms. The zero-order chi connectivity index (χ0) is 17.3. The number of methoxy groups -OCH3 is 1.